The smallest absolute Gasteiger partial charge is 0.409 e. The van der Waals surface area contributed by atoms with E-state index in [0.717, 1.165) is 45.2 Å². The molecule has 0 aromatic rings. The number of carbonyl (C=O) groups is 1. The number of unbranched alkanes of at least 4 members (excludes halogenated alkanes) is 1. The van der Waals surface area contributed by atoms with Crippen molar-refractivity contribution < 1.29 is 14.6 Å². The number of rotatable bonds is 6. The van der Waals surface area contributed by atoms with E-state index in [0.29, 0.717) is 12.5 Å². The standard InChI is InChI=1S/C13H25NO3/c1-2-3-10-17-13(16)14-8-4-6-12(11-14)7-5-9-15/h12,15H,2-11H2,1H3. The van der Waals surface area contributed by atoms with Gasteiger partial charge in [0, 0.05) is 19.7 Å². The largest absolute Gasteiger partial charge is 0.449 e. The first kappa shape index (κ1) is 14.3. The average Bonchev–Trinajstić information content (AvgIpc) is 2.37. The van der Waals surface area contributed by atoms with E-state index < -0.39 is 0 Å². The zero-order valence-corrected chi connectivity index (χ0v) is 10.9. The van der Waals surface area contributed by atoms with E-state index in [4.69, 9.17) is 9.84 Å². The van der Waals surface area contributed by atoms with Crippen LogP contribution in [0.3, 0.4) is 0 Å². The Bertz CT molecular complexity index is 221. The van der Waals surface area contributed by atoms with Crippen LogP contribution in [0.25, 0.3) is 0 Å². The van der Waals surface area contributed by atoms with Crippen LogP contribution in [0, 0.1) is 5.92 Å². The third-order valence-electron chi connectivity index (χ3n) is 3.27. The summed E-state index contributed by atoms with van der Waals surface area (Å²) in [6.45, 7) is 4.48. The highest BCUT2D eigenvalue weighted by Crippen LogP contribution is 2.21. The van der Waals surface area contributed by atoms with Gasteiger partial charge in [-0.2, -0.15) is 0 Å². The van der Waals surface area contributed by atoms with Crippen LogP contribution in [-0.2, 0) is 4.74 Å². The van der Waals surface area contributed by atoms with Crippen molar-refractivity contribution in [2.75, 3.05) is 26.3 Å². The van der Waals surface area contributed by atoms with Crippen LogP contribution in [0.5, 0.6) is 0 Å². The molecule has 0 aliphatic carbocycles. The molecular weight excluding hydrogens is 218 g/mol. The molecule has 0 spiro atoms. The molecule has 0 saturated carbocycles. The molecule has 0 radical (unpaired) electrons. The van der Waals surface area contributed by atoms with Crippen molar-refractivity contribution in [3.63, 3.8) is 0 Å². The first-order valence-corrected chi connectivity index (χ1v) is 6.80. The fourth-order valence-corrected chi connectivity index (χ4v) is 2.24. The lowest BCUT2D eigenvalue weighted by Gasteiger charge is -2.32. The van der Waals surface area contributed by atoms with Gasteiger partial charge in [0.2, 0.25) is 0 Å². The van der Waals surface area contributed by atoms with E-state index in [9.17, 15) is 4.79 Å². The summed E-state index contributed by atoms with van der Waals surface area (Å²) in [5, 5.41) is 8.81. The molecule has 1 N–H and O–H groups in total. The van der Waals surface area contributed by atoms with Crippen molar-refractivity contribution in [1.82, 2.24) is 4.90 Å². The van der Waals surface area contributed by atoms with Crippen molar-refractivity contribution >= 4 is 6.09 Å². The number of hydrogen-bond donors (Lipinski definition) is 1. The Kier molecular flexibility index (Phi) is 7.01. The van der Waals surface area contributed by atoms with Gasteiger partial charge in [-0.05, 0) is 38.0 Å². The van der Waals surface area contributed by atoms with E-state index >= 15 is 0 Å². The maximum Gasteiger partial charge on any atom is 0.409 e. The predicted molar refractivity (Wildman–Crippen MR) is 66.9 cm³/mol. The monoisotopic (exact) mass is 243 g/mol. The van der Waals surface area contributed by atoms with Crippen LogP contribution in [-0.4, -0.2) is 42.4 Å². The molecule has 4 heteroatoms. The second-order valence-corrected chi connectivity index (χ2v) is 4.79. The van der Waals surface area contributed by atoms with Gasteiger partial charge in [0.05, 0.1) is 6.61 Å². The van der Waals surface area contributed by atoms with Gasteiger partial charge in [0.1, 0.15) is 0 Å². The maximum atomic E-state index is 11.7. The van der Waals surface area contributed by atoms with E-state index in [2.05, 4.69) is 6.92 Å². The summed E-state index contributed by atoms with van der Waals surface area (Å²) in [7, 11) is 0. The van der Waals surface area contributed by atoms with E-state index in [-0.39, 0.29) is 12.7 Å². The van der Waals surface area contributed by atoms with E-state index in [1.54, 1.807) is 0 Å². The molecule has 1 aliphatic rings. The van der Waals surface area contributed by atoms with E-state index in [1.807, 2.05) is 4.90 Å². The Morgan fingerprint density at radius 1 is 1.47 bits per heavy atom. The van der Waals surface area contributed by atoms with Crippen LogP contribution in [0.2, 0.25) is 0 Å². The fraction of sp³-hybridized carbons (Fsp3) is 0.923. The first-order chi connectivity index (χ1) is 8.27. The summed E-state index contributed by atoms with van der Waals surface area (Å²) in [6, 6.07) is 0. The molecule has 1 rings (SSSR count). The number of carbonyl (C=O) groups excluding carboxylic acids is 1. The van der Waals surface area contributed by atoms with Crippen LogP contribution in [0.15, 0.2) is 0 Å². The highest BCUT2D eigenvalue weighted by atomic mass is 16.6. The highest BCUT2D eigenvalue weighted by Gasteiger charge is 2.23. The second kappa shape index (κ2) is 8.34. The molecular formula is C13H25NO3. The number of amides is 1. The number of ether oxygens (including phenoxy) is 1. The normalized spacial score (nSPS) is 20.4. The van der Waals surface area contributed by atoms with Crippen LogP contribution < -0.4 is 0 Å². The summed E-state index contributed by atoms with van der Waals surface area (Å²) in [4.78, 5) is 13.6. The molecule has 1 fully saturated rings. The number of likely N-dealkylation sites (tertiary alicyclic amines) is 1. The minimum absolute atomic E-state index is 0.160. The number of hydrogen-bond acceptors (Lipinski definition) is 3. The predicted octanol–water partition coefficient (Wildman–Crippen LogP) is 2.41. The number of aliphatic hydroxyl groups excluding tert-OH is 1. The highest BCUT2D eigenvalue weighted by molar-refractivity contribution is 5.67. The molecule has 17 heavy (non-hydrogen) atoms. The van der Waals surface area contributed by atoms with Crippen molar-refractivity contribution in [1.29, 1.82) is 0 Å². The molecule has 1 unspecified atom stereocenters. The second-order valence-electron chi connectivity index (χ2n) is 4.79. The van der Waals surface area contributed by atoms with Gasteiger partial charge < -0.3 is 14.7 Å². The van der Waals surface area contributed by atoms with Gasteiger partial charge in [-0.3, -0.25) is 0 Å². The summed E-state index contributed by atoms with van der Waals surface area (Å²) in [5.74, 6) is 0.537. The summed E-state index contributed by atoms with van der Waals surface area (Å²) in [5.41, 5.74) is 0. The maximum absolute atomic E-state index is 11.7. The van der Waals surface area contributed by atoms with Gasteiger partial charge in [0.15, 0.2) is 0 Å². The molecule has 0 aromatic carbocycles. The molecule has 0 bridgehead atoms. The molecule has 1 aliphatic heterocycles. The van der Waals surface area contributed by atoms with Crippen LogP contribution in [0.1, 0.15) is 45.4 Å². The van der Waals surface area contributed by atoms with Crippen LogP contribution >= 0.6 is 0 Å². The van der Waals surface area contributed by atoms with Crippen molar-refractivity contribution in [2.45, 2.75) is 45.4 Å². The van der Waals surface area contributed by atoms with Crippen molar-refractivity contribution in [3.8, 4) is 0 Å². The minimum atomic E-state index is -0.160. The fourth-order valence-electron chi connectivity index (χ4n) is 2.24. The molecule has 4 nitrogen and oxygen atoms in total. The zero-order chi connectivity index (χ0) is 12.5. The molecule has 1 heterocycles. The van der Waals surface area contributed by atoms with Gasteiger partial charge in [0.25, 0.3) is 0 Å². The third-order valence-corrected chi connectivity index (χ3v) is 3.27. The molecule has 0 aromatic heterocycles. The van der Waals surface area contributed by atoms with Crippen molar-refractivity contribution in [2.24, 2.45) is 5.92 Å². The molecule has 1 saturated heterocycles. The summed E-state index contributed by atoms with van der Waals surface area (Å²) in [6.07, 6.45) is 5.89. The quantitative estimate of drug-likeness (QED) is 0.729. The van der Waals surface area contributed by atoms with Gasteiger partial charge in [-0.1, -0.05) is 13.3 Å². The summed E-state index contributed by atoms with van der Waals surface area (Å²) >= 11 is 0. The Labute approximate surface area is 104 Å². The molecule has 1 atom stereocenters. The number of aliphatic hydroxyl groups is 1. The molecule has 100 valence electrons. The molecule has 1 amide bonds. The number of piperidine rings is 1. The Morgan fingerprint density at radius 3 is 3.00 bits per heavy atom. The van der Waals surface area contributed by atoms with Gasteiger partial charge in [-0.25, -0.2) is 4.79 Å². The lowest BCUT2D eigenvalue weighted by Crippen LogP contribution is -2.40. The van der Waals surface area contributed by atoms with E-state index in [1.165, 1.54) is 6.42 Å². The Morgan fingerprint density at radius 2 is 2.29 bits per heavy atom. The summed E-state index contributed by atoms with van der Waals surface area (Å²) < 4.78 is 5.21. The number of nitrogens with zero attached hydrogens (tertiary/aromatic N) is 1. The van der Waals surface area contributed by atoms with Gasteiger partial charge in [-0.15, -0.1) is 0 Å². The van der Waals surface area contributed by atoms with Gasteiger partial charge >= 0.3 is 6.09 Å². The topological polar surface area (TPSA) is 49.8 Å². The lowest BCUT2D eigenvalue weighted by molar-refractivity contribution is 0.0812. The SMILES string of the molecule is CCCCOC(=O)N1CCCC(CCCO)C1. The minimum Gasteiger partial charge on any atom is -0.449 e. The first-order valence-electron chi connectivity index (χ1n) is 6.80. The van der Waals surface area contributed by atoms with Crippen LogP contribution in [0.4, 0.5) is 4.79 Å². The zero-order valence-electron chi connectivity index (χ0n) is 10.9. The Balaban J connectivity index is 2.25. The Hall–Kier alpha value is -0.770. The third kappa shape index (κ3) is 5.39. The lowest BCUT2D eigenvalue weighted by atomic mass is 9.94. The average molecular weight is 243 g/mol. The van der Waals surface area contributed by atoms with Crippen molar-refractivity contribution in [3.05, 3.63) is 0 Å².